The van der Waals surface area contributed by atoms with E-state index in [1.807, 2.05) is 19.1 Å². The van der Waals surface area contributed by atoms with Crippen LogP contribution in [-0.2, 0) is 9.53 Å². The molecule has 4 nitrogen and oxygen atoms in total. The van der Waals surface area contributed by atoms with E-state index in [4.69, 9.17) is 32.7 Å². The molecular weight excluding hydrogens is 603 g/mol. The molecule has 0 aromatic heterocycles. The minimum atomic E-state index is -0.523. The van der Waals surface area contributed by atoms with E-state index in [2.05, 4.69) is 50.2 Å². The Morgan fingerprint density at radius 3 is 2.50 bits per heavy atom. The van der Waals surface area contributed by atoms with Gasteiger partial charge in [0.2, 0.25) is 5.90 Å². The highest BCUT2D eigenvalue weighted by Gasteiger charge is 2.26. The van der Waals surface area contributed by atoms with Crippen LogP contribution < -0.4 is 4.74 Å². The van der Waals surface area contributed by atoms with Crippen LogP contribution in [0, 0.1) is 7.14 Å². The summed E-state index contributed by atoms with van der Waals surface area (Å²) in [4.78, 5) is 16.5. The largest absolute Gasteiger partial charge is 0.492 e. The normalized spacial score (nSPS) is 15.2. The number of nitrogens with zero attached hydrogens (tertiary/aromatic N) is 1. The highest BCUT2D eigenvalue weighted by Crippen LogP contribution is 2.31. The molecule has 0 fully saturated rings. The third-order valence-electron chi connectivity index (χ3n) is 3.39. The molecule has 2 aromatic carbocycles. The number of aliphatic imine (C=N–C) groups is 1. The molecule has 26 heavy (non-hydrogen) atoms. The van der Waals surface area contributed by atoms with Gasteiger partial charge in [-0.3, -0.25) is 0 Å². The lowest BCUT2D eigenvalue weighted by molar-refractivity contribution is -0.129. The number of hydrogen-bond donors (Lipinski definition) is 0. The lowest BCUT2D eigenvalue weighted by Crippen LogP contribution is -2.06. The monoisotopic (exact) mass is 613 g/mol. The summed E-state index contributed by atoms with van der Waals surface area (Å²) >= 11 is 16.5. The van der Waals surface area contributed by atoms with Crippen LogP contribution in [0.1, 0.15) is 18.1 Å². The van der Waals surface area contributed by atoms with E-state index in [1.54, 1.807) is 24.3 Å². The molecule has 0 unspecified atom stereocenters. The quantitative estimate of drug-likeness (QED) is 0.244. The van der Waals surface area contributed by atoms with Gasteiger partial charge in [-0.15, -0.1) is 0 Å². The molecule has 0 spiro atoms. The summed E-state index contributed by atoms with van der Waals surface area (Å²) in [6.07, 6.45) is 1.68. The van der Waals surface area contributed by atoms with E-state index >= 15 is 0 Å². The van der Waals surface area contributed by atoms with Gasteiger partial charge in [0.05, 0.1) is 24.3 Å². The maximum absolute atomic E-state index is 12.2. The maximum Gasteiger partial charge on any atom is 0.363 e. The van der Waals surface area contributed by atoms with Gasteiger partial charge in [0.15, 0.2) is 5.70 Å². The van der Waals surface area contributed by atoms with Crippen molar-refractivity contribution in [3.05, 3.63) is 64.3 Å². The van der Waals surface area contributed by atoms with Gasteiger partial charge in [0, 0.05) is 5.02 Å². The van der Waals surface area contributed by atoms with Crippen LogP contribution in [0.3, 0.4) is 0 Å². The van der Waals surface area contributed by atoms with Crippen molar-refractivity contribution in [1.29, 1.82) is 0 Å². The van der Waals surface area contributed by atoms with Gasteiger partial charge in [-0.25, -0.2) is 9.79 Å². The first-order valence-corrected chi connectivity index (χ1v) is 10.4. The van der Waals surface area contributed by atoms with E-state index in [0.29, 0.717) is 22.2 Å². The van der Waals surface area contributed by atoms with E-state index in [-0.39, 0.29) is 11.6 Å². The van der Waals surface area contributed by atoms with Crippen LogP contribution in [-0.4, -0.2) is 18.5 Å². The molecule has 134 valence electrons. The number of hydrogen-bond acceptors (Lipinski definition) is 4. The zero-order valence-electron chi connectivity index (χ0n) is 13.4. The second-order valence-electron chi connectivity index (χ2n) is 5.21. The lowest BCUT2D eigenvalue weighted by atomic mass is 10.2. The van der Waals surface area contributed by atoms with Crippen molar-refractivity contribution in [2.75, 3.05) is 6.61 Å². The van der Waals surface area contributed by atoms with Crippen LogP contribution in [0.15, 0.2) is 41.0 Å². The summed E-state index contributed by atoms with van der Waals surface area (Å²) in [6, 6.07) is 8.77. The zero-order valence-corrected chi connectivity index (χ0v) is 19.2. The smallest absolute Gasteiger partial charge is 0.363 e. The fourth-order valence-electron chi connectivity index (χ4n) is 2.29. The molecule has 0 saturated carbocycles. The summed E-state index contributed by atoms with van der Waals surface area (Å²) in [5, 5.41) is 0.869. The van der Waals surface area contributed by atoms with E-state index in [9.17, 15) is 4.79 Å². The van der Waals surface area contributed by atoms with Gasteiger partial charge in [-0.2, -0.15) is 0 Å². The van der Waals surface area contributed by atoms with Crippen molar-refractivity contribution >= 4 is 86.3 Å². The van der Waals surface area contributed by atoms with Crippen LogP contribution in [0.2, 0.25) is 10.0 Å². The van der Waals surface area contributed by atoms with Crippen molar-refractivity contribution in [2.24, 2.45) is 4.99 Å². The van der Waals surface area contributed by atoms with E-state index in [1.165, 1.54) is 0 Å². The van der Waals surface area contributed by atoms with Gasteiger partial charge in [-0.05, 0) is 94.1 Å². The first kappa shape index (κ1) is 19.9. The molecule has 1 heterocycles. The molecule has 1 aliphatic heterocycles. The summed E-state index contributed by atoms with van der Waals surface area (Å²) < 4.78 is 12.8. The van der Waals surface area contributed by atoms with Crippen LogP contribution in [0.25, 0.3) is 6.08 Å². The van der Waals surface area contributed by atoms with Crippen molar-refractivity contribution in [3.8, 4) is 5.75 Å². The Balaban J connectivity index is 1.96. The van der Waals surface area contributed by atoms with Crippen molar-refractivity contribution < 1.29 is 14.3 Å². The Bertz CT molecular complexity index is 934. The van der Waals surface area contributed by atoms with Crippen molar-refractivity contribution in [3.63, 3.8) is 0 Å². The number of carbonyl (C=O) groups excluding carboxylic acids is 1. The van der Waals surface area contributed by atoms with Gasteiger partial charge in [-0.1, -0.05) is 23.2 Å². The number of cyclic esters (lactones) is 1. The van der Waals surface area contributed by atoms with Crippen LogP contribution in [0.5, 0.6) is 5.75 Å². The third-order valence-corrected chi connectivity index (χ3v) is 5.55. The molecule has 0 saturated heterocycles. The molecule has 0 bridgehead atoms. The molecule has 0 N–H and O–H groups in total. The van der Waals surface area contributed by atoms with Crippen molar-refractivity contribution in [2.45, 2.75) is 6.92 Å². The molecule has 0 aliphatic carbocycles. The fraction of sp³-hybridized carbons (Fsp3) is 0.111. The summed E-state index contributed by atoms with van der Waals surface area (Å²) in [7, 11) is 0. The minimum absolute atomic E-state index is 0.165. The Labute approximate surface area is 187 Å². The molecule has 1 aliphatic rings. The predicted molar refractivity (Wildman–Crippen MR) is 120 cm³/mol. The van der Waals surface area contributed by atoms with Gasteiger partial charge >= 0.3 is 5.97 Å². The average Bonchev–Trinajstić information content (AvgIpc) is 2.91. The van der Waals surface area contributed by atoms with Crippen LogP contribution in [0.4, 0.5) is 0 Å². The van der Waals surface area contributed by atoms with Gasteiger partial charge in [0.25, 0.3) is 0 Å². The Hall–Kier alpha value is -0.840. The number of benzene rings is 2. The highest BCUT2D eigenvalue weighted by atomic mass is 127. The van der Waals surface area contributed by atoms with Gasteiger partial charge < -0.3 is 9.47 Å². The minimum Gasteiger partial charge on any atom is -0.492 e. The summed E-state index contributed by atoms with van der Waals surface area (Å²) in [5.74, 6) is 0.477. The molecule has 0 amide bonds. The van der Waals surface area contributed by atoms with Crippen LogP contribution >= 0.6 is 68.4 Å². The first-order valence-electron chi connectivity index (χ1n) is 7.49. The Kier molecular flexibility index (Phi) is 6.47. The SMILES string of the molecule is CCOc1c(I)cc(/C=C2\N=C(c3ccc(Cl)cc3Cl)OC2=O)cc1I. The second-order valence-corrected chi connectivity index (χ2v) is 8.37. The van der Waals surface area contributed by atoms with E-state index in [0.717, 1.165) is 18.5 Å². The summed E-state index contributed by atoms with van der Waals surface area (Å²) in [6.45, 7) is 2.53. The molecule has 3 rings (SSSR count). The number of carbonyl (C=O) groups is 1. The number of esters is 1. The fourth-order valence-corrected chi connectivity index (χ4v) is 4.91. The van der Waals surface area contributed by atoms with Gasteiger partial charge in [0.1, 0.15) is 5.75 Å². The molecule has 2 aromatic rings. The number of rotatable bonds is 4. The summed E-state index contributed by atoms with van der Waals surface area (Å²) in [5.41, 5.74) is 1.56. The predicted octanol–water partition coefficient (Wildman–Crippen LogP) is 5.95. The topological polar surface area (TPSA) is 47.9 Å². The maximum atomic E-state index is 12.2. The van der Waals surface area contributed by atoms with E-state index < -0.39 is 5.97 Å². The first-order chi connectivity index (χ1) is 12.4. The molecule has 0 radical (unpaired) electrons. The second kappa shape index (κ2) is 8.45. The number of halogens is 4. The molecular formula is C18H11Cl2I2NO3. The molecule has 8 heteroatoms. The Morgan fingerprint density at radius 2 is 1.88 bits per heavy atom. The Morgan fingerprint density at radius 1 is 1.19 bits per heavy atom. The molecule has 0 atom stereocenters. The van der Waals surface area contributed by atoms with Crippen molar-refractivity contribution in [1.82, 2.24) is 0 Å². The number of ether oxygens (including phenoxy) is 2. The highest BCUT2D eigenvalue weighted by molar-refractivity contribution is 14.1. The average molecular weight is 614 g/mol. The zero-order chi connectivity index (χ0) is 18.8. The standard InChI is InChI=1S/C18H11Cl2I2NO3/c1-2-25-16-13(21)5-9(6-14(16)22)7-15-18(24)26-17(23-15)11-4-3-10(19)8-12(11)20/h3-8H,2H2,1H3/b15-7-. The lowest BCUT2D eigenvalue weighted by Gasteiger charge is -2.09. The third kappa shape index (κ3) is 4.35.